The van der Waals surface area contributed by atoms with Gasteiger partial charge in [0.2, 0.25) is 0 Å². The van der Waals surface area contributed by atoms with Crippen molar-refractivity contribution in [1.82, 2.24) is 15.4 Å². The number of rotatable bonds is 3. The molecule has 0 amide bonds. The first-order chi connectivity index (χ1) is 8.60. The van der Waals surface area contributed by atoms with Gasteiger partial charge in [0.25, 0.3) is 0 Å². The highest BCUT2D eigenvalue weighted by atomic mass is 15.2. The lowest BCUT2D eigenvalue weighted by Gasteiger charge is -2.17. The van der Waals surface area contributed by atoms with E-state index in [1.54, 1.807) is 12.4 Å². The normalized spacial score (nSPS) is 12.4. The lowest BCUT2D eigenvalue weighted by atomic mass is 10.00. The summed E-state index contributed by atoms with van der Waals surface area (Å²) in [6.45, 7) is 6.06. The molecule has 2 rings (SSSR count). The molecule has 1 heterocycles. The number of hydrogen-bond acceptors (Lipinski definition) is 4. The molecule has 4 heteroatoms. The van der Waals surface area contributed by atoms with Crippen LogP contribution in [0.1, 0.15) is 34.1 Å². The van der Waals surface area contributed by atoms with Crippen LogP contribution in [0.5, 0.6) is 0 Å². The number of nitrogens with one attached hydrogen (secondary N) is 1. The molecule has 3 N–H and O–H groups in total. The molecule has 0 aliphatic heterocycles. The van der Waals surface area contributed by atoms with E-state index in [1.165, 1.54) is 11.1 Å². The first-order valence-electron chi connectivity index (χ1n) is 5.93. The summed E-state index contributed by atoms with van der Waals surface area (Å²) in [4.78, 5) is 8.64. The van der Waals surface area contributed by atoms with Gasteiger partial charge >= 0.3 is 0 Å². The number of aryl methyl sites for hydroxylation is 3. The van der Waals surface area contributed by atoms with Gasteiger partial charge in [0, 0.05) is 6.20 Å². The molecular formula is C14H18N4. The van der Waals surface area contributed by atoms with Crippen LogP contribution >= 0.6 is 0 Å². The van der Waals surface area contributed by atoms with Gasteiger partial charge in [0.1, 0.15) is 0 Å². The second-order valence-electron chi connectivity index (χ2n) is 4.60. The van der Waals surface area contributed by atoms with Crippen LogP contribution in [-0.4, -0.2) is 9.97 Å². The van der Waals surface area contributed by atoms with Crippen LogP contribution in [0.25, 0.3) is 0 Å². The first-order valence-corrected chi connectivity index (χ1v) is 5.93. The molecule has 0 saturated heterocycles. The summed E-state index contributed by atoms with van der Waals surface area (Å²) in [5.74, 6) is 5.66. The standard InChI is InChI=1S/C14H18N4/c1-9-4-10(2)6-12(5-9)14(18-15)13-8-16-11(3)7-17-13/h4-8,14,18H,15H2,1-3H3. The van der Waals surface area contributed by atoms with Crippen molar-refractivity contribution < 1.29 is 0 Å². The largest absolute Gasteiger partial charge is 0.271 e. The zero-order valence-electron chi connectivity index (χ0n) is 10.9. The van der Waals surface area contributed by atoms with Gasteiger partial charge in [-0.2, -0.15) is 0 Å². The fourth-order valence-electron chi connectivity index (χ4n) is 2.08. The zero-order chi connectivity index (χ0) is 13.1. The summed E-state index contributed by atoms with van der Waals surface area (Å²) in [5, 5.41) is 0. The lowest BCUT2D eigenvalue weighted by molar-refractivity contribution is 0.616. The van der Waals surface area contributed by atoms with Gasteiger partial charge in [0.15, 0.2) is 0 Å². The van der Waals surface area contributed by atoms with Crippen LogP contribution in [0.3, 0.4) is 0 Å². The van der Waals surface area contributed by atoms with Crippen molar-refractivity contribution in [2.24, 2.45) is 5.84 Å². The number of hydrazine groups is 1. The molecule has 1 aromatic heterocycles. The summed E-state index contributed by atoms with van der Waals surface area (Å²) in [6.07, 6.45) is 3.51. The highest BCUT2D eigenvalue weighted by Gasteiger charge is 2.14. The molecule has 1 unspecified atom stereocenters. The minimum absolute atomic E-state index is 0.128. The summed E-state index contributed by atoms with van der Waals surface area (Å²) in [7, 11) is 0. The lowest BCUT2D eigenvalue weighted by Crippen LogP contribution is -2.29. The van der Waals surface area contributed by atoms with Crippen molar-refractivity contribution in [1.29, 1.82) is 0 Å². The van der Waals surface area contributed by atoms with Gasteiger partial charge in [-0.25, -0.2) is 5.43 Å². The number of aromatic nitrogens is 2. The van der Waals surface area contributed by atoms with Crippen LogP contribution in [0, 0.1) is 20.8 Å². The first kappa shape index (κ1) is 12.7. The van der Waals surface area contributed by atoms with E-state index in [4.69, 9.17) is 5.84 Å². The van der Waals surface area contributed by atoms with Gasteiger partial charge in [-0.05, 0) is 26.3 Å². The Morgan fingerprint density at radius 3 is 2.17 bits per heavy atom. The van der Waals surface area contributed by atoms with E-state index < -0.39 is 0 Å². The molecule has 0 saturated carbocycles. The van der Waals surface area contributed by atoms with Crippen LogP contribution < -0.4 is 11.3 Å². The summed E-state index contributed by atoms with van der Waals surface area (Å²) < 4.78 is 0. The van der Waals surface area contributed by atoms with E-state index >= 15 is 0 Å². The molecule has 0 aliphatic rings. The van der Waals surface area contributed by atoms with E-state index in [0.29, 0.717) is 0 Å². The van der Waals surface area contributed by atoms with Gasteiger partial charge in [-0.1, -0.05) is 29.3 Å². The molecule has 0 bridgehead atoms. The van der Waals surface area contributed by atoms with Crippen LogP contribution in [-0.2, 0) is 0 Å². The maximum absolute atomic E-state index is 5.66. The van der Waals surface area contributed by atoms with E-state index in [9.17, 15) is 0 Å². The second-order valence-corrected chi connectivity index (χ2v) is 4.60. The van der Waals surface area contributed by atoms with Crippen molar-refractivity contribution in [3.8, 4) is 0 Å². The van der Waals surface area contributed by atoms with E-state index in [2.05, 4.69) is 47.4 Å². The van der Waals surface area contributed by atoms with Crippen molar-refractivity contribution in [3.63, 3.8) is 0 Å². The SMILES string of the molecule is Cc1cc(C)cc(C(NN)c2cnc(C)cn2)c1. The van der Waals surface area contributed by atoms with E-state index in [1.807, 2.05) is 6.92 Å². The smallest absolute Gasteiger partial charge is 0.0897 e. The Kier molecular flexibility index (Phi) is 3.69. The van der Waals surface area contributed by atoms with Crippen molar-refractivity contribution in [3.05, 3.63) is 58.7 Å². The Morgan fingerprint density at radius 2 is 1.67 bits per heavy atom. The highest BCUT2D eigenvalue weighted by molar-refractivity contribution is 5.34. The zero-order valence-corrected chi connectivity index (χ0v) is 10.9. The minimum atomic E-state index is -0.128. The maximum atomic E-state index is 5.66. The van der Waals surface area contributed by atoms with E-state index in [0.717, 1.165) is 17.0 Å². The Bertz CT molecular complexity index is 514. The molecule has 1 aromatic carbocycles. The van der Waals surface area contributed by atoms with Crippen LogP contribution in [0.4, 0.5) is 0 Å². The predicted octanol–water partition coefficient (Wildman–Crippen LogP) is 1.95. The molecule has 0 radical (unpaired) electrons. The number of benzene rings is 1. The number of hydrogen-bond donors (Lipinski definition) is 2. The summed E-state index contributed by atoms with van der Waals surface area (Å²) in [5.41, 5.74) is 8.06. The highest BCUT2D eigenvalue weighted by Crippen LogP contribution is 2.21. The van der Waals surface area contributed by atoms with Crippen LogP contribution in [0.2, 0.25) is 0 Å². The summed E-state index contributed by atoms with van der Waals surface area (Å²) in [6, 6.07) is 6.23. The average molecular weight is 242 g/mol. The molecule has 0 aliphatic carbocycles. The van der Waals surface area contributed by atoms with Gasteiger partial charge < -0.3 is 0 Å². The molecular weight excluding hydrogens is 224 g/mol. The van der Waals surface area contributed by atoms with Gasteiger partial charge in [-0.15, -0.1) is 0 Å². The molecule has 4 nitrogen and oxygen atoms in total. The Morgan fingerprint density at radius 1 is 1.00 bits per heavy atom. The monoisotopic (exact) mass is 242 g/mol. The Balaban J connectivity index is 2.41. The third kappa shape index (κ3) is 2.72. The molecule has 0 spiro atoms. The Labute approximate surface area is 107 Å². The number of nitrogens with zero attached hydrogens (tertiary/aromatic N) is 2. The fraction of sp³-hybridized carbons (Fsp3) is 0.286. The fourth-order valence-corrected chi connectivity index (χ4v) is 2.08. The van der Waals surface area contributed by atoms with Crippen LogP contribution in [0.15, 0.2) is 30.6 Å². The predicted molar refractivity (Wildman–Crippen MR) is 71.9 cm³/mol. The average Bonchev–Trinajstić information content (AvgIpc) is 2.31. The Hall–Kier alpha value is -1.78. The maximum Gasteiger partial charge on any atom is 0.0897 e. The minimum Gasteiger partial charge on any atom is -0.271 e. The molecule has 94 valence electrons. The van der Waals surface area contributed by atoms with Gasteiger partial charge in [-0.3, -0.25) is 15.8 Å². The third-order valence-corrected chi connectivity index (χ3v) is 2.84. The molecule has 18 heavy (non-hydrogen) atoms. The van der Waals surface area contributed by atoms with E-state index in [-0.39, 0.29) is 6.04 Å². The summed E-state index contributed by atoms with van der Waals surface area (Å²) >= 11 is 0. The van der Waals surface area contributed by atoms with Crippen molar-refractivity contribution in [2.45, 2.75) is 26.8 Å². The van der Waals surface area contributed by atoms with Gasteiger partial charge in [0.05, 0.1) is 23.6 Å². The quantitative estimate of drug-likeness (QED) is 0.638. The topological polar surface area (TPSA) is 63.8 Å². The molecule has 1 atom stereocenters. The second kappa shape index (κ2) is 5.25. The number of nitrogens with two attached hydrogens (primary N) is 1. The van der Waals surface area contributed by atoms with Crippen molar-refractivity contribution in [2.75, 3.05) is 0 Å². The molecule has 2 aromatic rings. The van der Waals surface area contributed by atoms with Crippen molar-refractivity contribution >= 4 is 0 Å². The third-order valence-electron chi connectivity index (χ3n) is 2.84. The molecule has 0 fully saturated rings.